The van der Waals surface area contributed by atoms with Gasteiger partial charge in [-0.05, 0) is 25.5 Å². The van der Waals surface area contributed by atoms with Gasteiger partial charge in [0.05, 0.1) is 6.04 Å². The van der Waals surface area contributed by atoms with Gasteiger partial charge in [-0.15, -0.1) is 0 Å². The molecule has 2 heteroatoms. The summed E-state index contributed by atoms with van der Waals surface area (Å²) in [6, 6.07) is 7.76. The molecule has 0 bridgehead atoms. The Hall–Kier alpha value is -1.15. The second-order valence-electron chi connectivity index (χ2n) is 4.15. The summed E-state index contributed by atoms with van der Waals surface area (Å²) in [5.74, 6) is 0.656. The van der Waals surface area contributed by atoms with Crippen LogP contribution in [0.15, 0.2) is 24.3 Å². The van der Waals surface area contributed by atoms with E-state index in [2.05, 4.69) is 19.2 Å². The van der Waals surface area contributed by atoms with Gasteiger partial charge in [0.15, 0.2) is 5.78 Å². The third-order valence-electron chi connectivity index (χ3n) is 2.69. The third kappa shape index (κ3) is 2.90. The summed E-state index contributed by atoms with van der Waals surface area (Å²) >= 11 is 0. The molecule has 1 atom stereocenters. The fourth-order valence-corrected chi connectivity index (χ4v) is 1.41. The summed E-state index contributed by atoms with van der Waals surface area (Å²) < 4.78 is 0. The maximum atomic E-state index is 11.8. The lowest BCUT2D eigenvalue weighted by Gasteiger charge is -2.10. The Balaban J connectivity index is 2.84. The Morgan fingerprint density at radius 2 is 1.67 bits per heavy atom. The molecule has 1 aromatic rings. The average molecular weight is 205 g/mol. The van der Waals surface area contributed by atoms with Gasteiger partial charge < -0.3 is 5.32 Å². The highest BCUT2D eigenvalue weighted by atomic mass is 16.1. The first-order valence-corrected chi connectivity index (χ1v) is 5.37. The van der Waals surface area contributed by atoms with Crippen LogP contribution in [0, 0.1) is 0 Å². The molecule has 1 N–H and O–H groups in total. The minimum Gasteiger partial charge on any atom is -0.310 e. The highest BCUT2D eigenvalue weighted by molar-refractivity contribution is 5.99. The molecule has 15 heavy (non-hydrogen) atoms. The number of ketones is 1. The number of Topliss-reactive ketones (excluding diaryl/α,β-unsaturated/α-hetero) is 1. The zero-order chi connectivity index (χ0) is 11.4. The van der Waals surface area contributed by atoms with E-state index in [9.17, 15) is 4.79 Å². The molecule has 0 fully saturated rings. The maximum absolute atomic E-state index is 11.8. The smallest absolute Gasteiger partial charge is 0.179 e. The second-order valence-corrected chi connectivity index (χ2v) is 4.15. The van der Waals surface area contributed by atoms with Gasteiger partial charge in [0.2, 0.25) is 0 Å². The van der Waals surface area contributed by atoms with Gasteiger partial charge in [-0.25, -0.2) is 0 Å². The Morgan fingerprint density at radius 3 is 2.07 bits per heavy atom. The van der Waals surface area contributed by atoms with Crippen LogP contribution in [0.5, 0.6) is 0 Å². The van der Waals surface area contributed by atoms with Crippen LogP contribution in [0.3, 0.4) is 0 Å². The van der Waals surface area contributed by atoms with Crippen molar-refractivity contribution < 1.29 is 4.79 Å². The molecule has 0 spiro atoms. The topological polar surface area (TPSA) is 29.1 Å². The molecule has 82 valence electrons. The van der Waals surface area contributed by atoms with E-state index < -0.39 is 0 Å². The molecule has 1 rings (SSSR count). The number of carbonyl (C=O) groups is 1. The van der Waals surface area contributed by atoms with Crippen molar-refractivity contribution >= 4 is 5.78 Å². The highest BCUT2D eigenvalue weighted by Crippen LogP contribution is 2.15. The number of benzene rings is 1. The predicted octanol–water partition coefficient (Wildman–Crippen LogP) is 2.60. The van der Waals surface area contributed by atoms with Crippen molar-refractivity contribution in [1.29, 1.82) is 0 Å². The lowest BCUT2D eigenvalue weighted by Crippen LogP contribution is -2.30. The van der Waals surface area contributed by atoms with Crippen molar-refractivity contribution in [3.63, 3.8) is 0 Å². The first-order valence-electron chi connectivity index (χ1n) is 5.37. The first-order chi connectivity index (χ1) is 7.06. The van der Waals surface area contributed by atoms with Crippen molar-refractivity contribution in [3.8, 4) is 0 Å². The van der Waals surface area contributed by atoms with E-state index >= 15 is 0 Å². The molecule has 0 aliphatic rings. The van der Waals surface area contributed by atoms with Gasteiger partial charge in [0.1, 0.15) is 0 Å². The van der Waals surface area contributed by atoms with E-state index in [0.29, 0.717) is 5.92 Å². The SMILES string of the molecule is CNC(C)C(=O)c1ccc(C(C)C)cc1. The average Bonchev–Trinajstić information content (AvgIpc) is 2.27. The predicted molar refractivity (Wildman–Crippen MR) is 63.4 cm³/mol. The summed E-state index contributed by atoms with van der Waals surface area (Å²) in [4.78, 5) is 11.8. The summed E-state index contributed by atoms with van der Waals surface area (Å²) in [7, 11) is 1.80. The van der Waals surface area contributed by atoms with Gasteiger partial charge in [0, 0.05) is 5.56 Å². The molecular weight excluding hydrogens is 186 g/mol. The fourth-order valence-electron chi connectivity index (χ4n) is 1.41. The molecule has 0 heterocycles. The zero-order valence-corrected chi connectivity index (χ0v) is 9.87. The second kappa shape index (κ2) is 5.08. The number of hydrogen-bond acceptors (Lipinski definition) is 2. The van der Waals surface area contributed by atoms with Gasteiger partial charge in [-0.3, -0.25) is 4.79 Å². The molecule has 0 saturated heterocycles. The number of rotatable bonds is 4. The molecule has 0 aromatic heterocycles. The zero-order valence-electron chi connectivity index (χ0n) is 9.87. The van der Waals surface area contributed by atoms with Crippen LogP contribution in [0.4, 0.5) is 0 Å². The van der Waals surface area contributed by atoms with E-state index in [1.807, 2.05) is 31.2 Å². The van der Waals surface area contributed by atoms with Gasteiger partial charge >= 0.3 is 0 Å². The summed E-state index contributed by atoms with van der Waals surface area (Å²) in [5.41, 5.74) is 2.05. The standard InChI is InChI=1S/C13H19NO/c1-9(2)11-5-7-12(8-6-11)13(15)10(3)14-4/h5-10,14H,1-4H3. The van der Waals surface area contributed by atoms with Gasteiger partial charge in [-0.1, -0.05) is 38.1 Å². The van der Waals surface area contributed by atoms with Gasteiger partial charge in [-0.2, -0.15) is 0 Å². The molecule has 0 aliphatic heterocycles. The van der Waals surface area contributed by atoms with E-state index in [1.54, 1.807) is 7.05 Å². The third-order valence-corrected chi connectivity index (χ3v) is 2.69. The molecule has 1 aromatic carbocycles. The Morgan fingerprint density at radius 1 is 1.13 bits per heavy atom. The van der Waals surface area contributed by atoms with Crippen LogP contribution in [-0.2, 0) is 0 Å². The molecule has 0 saturated carbocycles. The Kier molecular flexibility index (Phi) is 4.04. The highest BCUT2D eigenvalue weighted by Gasteiger charge is 2.12. The first kappa shape index (κ1) is 11.9. The van der Waals surface area contributed by atoms with E-state index in [1.165, 1.54) is 5.56 Å². The molecule has 0 amide bonds. The summed E-state index contributed by atoms with van der Waals surface area (Å²) in [5, 5.41) is 2.95. The van der Waals surface area contributed by atoms with Crippen LogP contribution < -0.4 is 5.32 Å². The largest absolute Gasteiger partial charge is 0.310 e. The van der Waals surface area contributed by atoms with Crippen LogP contribution in [0.1, 0.15) is 42.6 Å². The number of hydrogen-bond donors (Lipinski definition) is 1. The van der Waals surface area contributed by atoms with Crippen molar-refractivity contribution in [3.05, 3.63) is 35.4 Å². The normalized spacial score (nSPS) is 12.9. The van der Waals surface area contributed by atoms with Crippen LogP contribution in [-0.4, -0.2) is 18.9 Å². The van der Waals surface area contributed by atoms with Gasteiger partial charge in [0.25, 0.3) is 0 Å². The number of likely N-dealkylation sites (N-methyl/N-ethyl adjacent to an activating group) is 1. The van der Waals surface area contributed by atoms with E-state index in [-0.39, 0.29) is 11.8 Å². The van der Waals surface area contributed by atoms with Crippen LogP contribution >= 0.6 is 0 Å². The van der Waals surface area contributed by atoms with Crippen LogP contribution in [0.25, 0.3) is 0 Å². The number of nitrogens with one attached hydrogen (secondary N) is 1. The maximum Gasteiger partial charge on any atom is 0.179 e. The van der Waals surface area contributed by atoms with Crippen molar-refractivity contribution in [1.82, 2.24) is 5.32 Å². The van der Waals surface area contributed by atoms with Crippen molar-refractivity contribution in [2.24, 2.45) is 0 Å². The Bertz CT molecular complexity index is 327. The quantitative estimate of drug-likeness (QED) is 0.765. The molecule has 1 unspecified atom stereocenters. The molecule has 2 nitrogen and oxygen atoms in total. The van der Waals surface area contributed by atoms with E-state index in [0.717, 1.165) is 5.56 Å². The monoisotopic (exact) mass is 205 g/mol. The summed E-state index contributed by atoms with van der Waals surface area (Å²) in [6.07, 6.45) is 0. The minimum atomic E-state index is -0.116. The molecular formula is C13H19NO. The lowest BCUT2D eigenvalue weighted by atomic mass is 9.99. The fraction of sp³-hybridized carbons (Fsp3) is 0.462. The minimum absolute atomic E-state index is 0.116. The molecule has 0 aliphatic carbocycles. The van der Waals surface area contributed by atoms with Crippen molar-refractivity contribution in [2.75, 3.05) is 7.05 Å². The van der Waals surface area contributed by atoms with Crippen LogP contribution in [0.2, 0.25) is 0 Å². The summed E-state index contributed by atoms with van der Waals surface area (Å²) in [6.45, 7) is 6.17. The van der Waals surface area contributed by atoms with E-state index in [4.69, 9.17) is 0 Å². The lowest BCUT2D eigenvalue weighted by molar-refractivity contribution is 0.0955. The van der Waals surface area contributed by atoms with Crippen molar-refractivity contribution in [2.45, 2.75) is 32.7 Å². The number of carbonyl (C=O) groups excluding carboxylic acids is 1. The Labute approximate surface area is 91.7 Å². The molecule has 0 radical (unpaired) electrons.